The van der Waals surface area contributed by atoms with Gasteiger partial charge in [0, 0.05) is 22.7 Å². The Balaban J connectivity index is 1.98. The lowest BCUT2D eigenvalue weighted by Crippen LogP contribution is -1.77. The van der Waals surface area contributed by atoms with Gasteiger partial charge in [0.2, 0.25) is 0 Å². The van der Waals surface area contributed by atoms with E-state index in [2.05, 4.69) is 35.3 Å². The van der Waals surface area contributed by atoms with Gasteiger partial charge < -0.3 is 10.1 Å². The number of nitrogens with one attached hydrogen (secondary N) is 1. The Labute approximate surface area is 116 Å². The van der Waals surface area contributed by atoms with E-state index in [1.807, 2.05) is 24.4 Å². The topological polar surface area (TPSA) is 36.0 Å². The molecular weight excluding hydrogens is 246 g/mol. The molecule has 0 radical (unpaired) electrons. The predicted molar refractivity (Wildman–Crippen MR) is 82.9 cm³/mol. The minimum absolute atomic E-state index is 0.291. The van der Waals surface area contributed by atoms with Gasteiger partial charge in [-0.2, -0.15) is 0 Å². The molecule has 0 saturated carbocycles. The summed E-state index contributed by atoms with van der Waals surface area (Å²) in [4.78, 5) is 3.25. The SMILES string of the molecule is Oc1ccc2[nH]cc(-c3ccc4ccccc4c3)c2c1. The van der Waals surface area contributed by atoms with Gasteiger partial charge in [0.05, 0.1) is 0 Å². The molecule has 2 nitrogen and oxygen atoms in total. The van der Waals surface area contributed by atoms with E-state index in [9.17, 15) is 5.11 Å². The van der Waals surface area contributed by atoms with Crippen LogP contribution in [0, 0.1) is 0 Å². The van der Waals surface area contributed by atoms with Crippen LogP contribution in [0.25, 0.3) is 32.8 Å². The number of H-pyrrole nitrogens is 1. The molecule has 2 N–H and O–H groups in total. The number of hydrogen-bond acceptors (Lipinski definition) is 1. The van der Waals surface area contributed by atoms with Crippen LogP contribution in [0.2, 0.25) is 0 Å². The first-order valence-electron chi connectivity index (χ1n) is 6.60. The average Bonchev–Trinajstić information content (AvgIpc) is 2.89. The van der Waals surface area contributed by atoms with Gasteiger partial charge in [-0.25, -0.2) is 0 Å². The third-order valence-electron chi connectivity index (χ3n) is 3.73. The van der Waals surface area contributed by atoms with E-state index in [0.29, 0.717) is 5.75 Å². The molecule has 2 heteroatoms. The number of aromatic hydroxyl groups is 1. The highest BCUT2D eigenvalue weighted by atomic mass is 16.3. The molecule has 1 heterocycles. The van der Waals surface area contributed by atoms with Gasteiger partial charge in [0.1, 0.15) is 5.75 Å². The summed E-state index contributed by atoms with van der Waals surface area (Å²) in [5.74, 6) is 0.291. The van der Waals surface area contributed by atoms with E-state index in [1.165, 1.54) is 10.8 Å². The van der Waals surface area contributed by atoms with E-state index in [-0.39, 0.29) is 0 Å². The minimum Gasteiger partial charge on any atom is -0.508 e. The first-order valence-corrected chi connectivity index (χ1v) is 6.60. The van der Waals surface area contributed by atoms with E-state index >= 15 is 0 Å². The quantitative estimate of drug-likeness (QED) is 0.511. The lowest BCUT2D eigenvalue weighted by molar-refractivity contribution is 0.476. The maximum Gasteiger partial charge on any atom is 0.116 e. The highest BCUT2D eigenvalue weighted by Crippen LogP contribution is 2.32. The van der Waals surface area contributed by atoms with Crippen molar-refractivity contribution in [1.82, 2.24) is 4.98 Å². The summed E-state index contributed by atoms with van der Waals surface area (Å²) in [5, 5.41) is 13.2. The Morgan fingerprint density at radius 1 is 0.800 bits per heavy atom. The molecule has 4 rings (SSSR count). The van der Waals surface area contributed by atoms with Crippen molar-refractivity contribution < 1.29 is 5.11 Å². The normalized spacial score (nSPS) is 11.2. The predicted octanol–water partition coefficient (Wildman–Crippen LogP) is 4.69. The Hall–Kier alpha value is -2.74. The molecular formula is C18H13NO. The molecule has 96 valence electrons. The number of benzene rings is 3. The molecule has 0 spiro atoms. The van der Waals surface area contributed by atoms with Crippen LogP contribution in [-0.4, -0.2) is 10.1 Å². The summed E-state index contributed by atoms with van der Waals surface area (Å²) < 4.78 is 0. The van der Waals surface area contributed by atoms with Gasteiger partial charge in [-0.15, -0.1) is 0 Å². The molecule has 0 aliphatic carbocycles. The molecule has 20 heavy (non-hydrogen) atoms. The van der Waals surface area contributed by atoms with Gasteiger partial charge in [-0.05, 0) is 40.6 Å². The van der Waals surface area contributed by atoms with Gasteiger partial charge in [0.25, 0.3) is 0 Å². The van der Waals surface area contributed by atoms with Gasteiger partial charge in [0.15, 0.2) is 0 Å². The fourth-order valence-electron chi connectivity index (χ4n) is 2.70. The molecule has 0 unspecified atom stereocenters. The average molecular weight is 259 g/mol. The molecule has 3 aromatic carbocycles. The van der Waals surface area contributed by atoms with Gasteiger partial charge in [-0.3, -0.25) is 0 Å². The van der Waals surface area contributed by atoms with Crippen molar-refractivity contribution in [2.24, 2.45) is 0 Å². The number of phenolic OH excluding ortho intramolecular Hbond substituents is 1. The summed E-state index contributed by atoms with van der Waals surface area (Å²) in [6.45, 7) is 0. The zero-order valence-corrected chi connectivity index (χ0v) is 10.8. The van der Waals surface area contributed by atoms with Crippen molar-refractivity contribution in [1.29, 1.82) is 0 Å². The maximum absolute atomic E-state index is 9.68. The van der Waals surface area contributed by atoms with Crippen LogP contribution in [0.4, 0.5) is 0 Å². The lowest BCUT2D eigenvalue weighted by atomic mass is 10.0. The van der Waals surface area contributed by atoms with Crippen molar-refractivity contribution in [3.63, 3.8) is 0 Å². The standard InChI is InChI=1S/C18H13NO/c20-15-7-8-18-16(10-15)17(11-19-18)14-6-5-12-3-1-2-4-13(12)9-14/h1-11,19-20H. The van der Waals surface area contributed by atoms with Gasteiger partial charge >= 0.3 is 0 Å². The zero-order chi connectivity index (χ0) is 13.5. The molecule has 4 aromatic rings. The number of hydrogen-bond donors (Lipinski definition) is 2. The van der Waals surface area contributed by atoms with Crippen molar-refractivity contribution in [2.45, 2.75) is 0 Å². The van der Waals surface area contributed by atoms with Crippen LogP contribution in [0.15, 0.2) is 66.9 Å². The summed E-state index contributed by atoms with van der Waals surface area (Å²) in [7, 11) is 0. The molecule has 0 aliphatic rings. The molecule has 0 amide bonds. The van der Waals surface area contributed by atoms with Crippen LogP contribution in [-0.2, 0) is 0 Å². The zero-order valence-electron chi connectivity index (χ0n) is 10.8. The highest BCUT2D eigenvalue weighted by Gasteiger charge is 2.07. The number of rotatable bonds is 1. The summed E-state index contributed by atoms with van der Waals surface area (Å²) in [5.41, 5.74) is 3.30. The number of phenols is 1. The van der Waals surface area contributed by atoms with Crippen LogP contribution in [0.1, 0.15) is 0 Å². The molecule has 0 atom stereocenters. The maximum atomic E-state index is 9.68. The second-order valence-corrected chi connectivity index (χ2v) is 4.99. The van der Waals surface area contributed by atoms with Gasteiger partial charge in [-0.1, -0.05) is 36.4 Å². The number of fused-ring (bicyclic) bond motifs is 2. The Morgan fingerprint density at radius 3 is 2.55 bits per heavy atom. The van der Waals surface area contributed by atoms with Crippen LogP contribution in [0.3, 0.4) is 0 Å². The van der Waals surface area contributed by atoms with Crippen molar-refractivity contribution in [2.75, 3.05) is 0 Å². The Bertz CT molecular complexity index is 921. The second kappa shape index (κ2) is 4.14. The van der Waals surface area contributed by atoms with Crippen LogP contribution in [0.5, 0.6) is 5.75 Å². The fraction of sp³-hybridized carbons (Fsp3) is 0. The van der Waals surface area contributed by atoms with Crippen molar-refractivity contribution in [3.05, 3.63) is 66.9 Å². The summed E-state index contributed by atoms with van der Waals surface area (Å²) >= 11 is 0. The van der Waals surface area contributed by atoms with Crippen LogP contribution >= 0.6 is 0 Å². The third-order valence-corrected chi connectivity index (χ3v) is 3.73. The summed E-state index contributed by atoms with van der Waals surface area (Å²) in [6, 6.07) is 20.2. The first kappa shape index (κ1) is 11.1. The molecule has 0 bridgehead atoms. The first-order chi connectivity index (χ1) is 9.81. The fourth-order valence-corrected chi connectivity index (χ4v) is 2.70. The Morgan fingerprint density at radius 2 is 1.65 bits per heavy atom. The lowest BCUT2D eigenvalue weighted by Gasteiger charge is -2.03. The van der Waals surface area contributed by atoms with Crippen molar-refractivity contribution >= 4 is 21.7 Å². The monoisotopic (exact) mass is 259 g/mol. The molecule has 0 saturated heterocycles. The smallest absolute Gasteiger partial charge is 0.116 e. The largest absolute Gasteiger partial charge is 0.508 e. The number of aromatic amines is 1. The summed E-state index contributed by atoms with van der Waals surface area (Å²) in [6.07, 6.45) is 1.99. The number of aromatic nitrogens is 1. The van der Waals surface area contributed by atoms with E-state index in [4.69, 9.17) is 0 Å². The van der Waals surface area contributed by atoms with E-state index < -0.39 is 0 Å². The van der Waals surface area contributed by atoms with E-state index in [1.54, 1.807) is 12.1 Å². The molecule has 0 fully saturated rings. The second-order valence-electron chi connectivity index (χ2n) is 4.99. The third kappa shape index (κ3) is 1.66. The van der Waals surface area contributed by atoms with E-state index in [0.717, 1.165) is 22.0 Å². The molecule has 1 aromatic heterocycles. The molecule has 0 aliphatic heterocycles. The van der Waals surface area contributed by atoms with Crippen molar-refractivity contribution in [3.8, 4) is 16.9 Å². The minimum atomic E-state index is 0.291. The Kier molecular flexibility index (Phi) is 2.30. The van der Waals surface area contributed by atoms with Crippen LogP contribution < -0.4 is 0 Å². The highest BCUT2D eigenvalue weighted by molar-refractivity contribution is 5.98.